The second-order valence-electron chi connectivity index (χ2n) is 4.49. The zero-order valence-corrected chi connectivity index (χ0v) is 9.49. The van der Waals surface area contributed by atoms with E-state index in [0.29, 0.717) is 0 Å². The van der Waals surface area contributed by atoms with E-state index in [9.17, 15) is 0 Å². The van der Waals surface area contributed by atoms with E-state index >= 15 is 0 Å². The molecule has 1 unspecified atom stereocenters. The van der Waals surface area contributed by atoms with Gasteiger partial charge in [0.2, 0.25) is 0 Å². The monoisotopic (exact) mass is 209 g/mol. The smallest absolute Gasteiger partial charge is 0.0646 e. The standard InChI is InChI=1S/C11H19N3O/c1-11(5-8-15-9-11)12-6-3-10-4-7-13-14(10)2/h4,7,12H,3,5-6,8-9H2,1-2H3. The minimum Gasteiger partial charge on any atom is -0.379 e. The number of nitrogens with one attached hydrogen (secondary N) is 1. The summed E-state index contributed by atoms with van der Waals surface area (Å²) in [6, 6.07) is 2.06. The van der Waals surface area contributed by atoms with Gasteiger partial charge in [-0.05, 0) is 19.4 Å². The van der Waals surface area contributed by atoms with Crippen molar-refractivity contribution in [3.05, 3.63) is 18.0 Å². The minimum atomic E-state index is 0.179. The Hall–Kier alpha value is -0.870. The molecule has 1 atom stereocenters. The van der Waals surface area contributed by atoms with E-state index < -0.39 is 0 Å². The number of aromatic nitrogens is 2. The third-order valence-electron chi connectivity index (χ3n) is 3.07. The predicted octanol–water partition coefficient (Wildman–Crippen LogP) is 0.731. The summed E-state index contributed by atoms with van der Waals surface area (Å²) in [6.07, 6.45) is 3.97. The Balaban J connectivity index is 1.77. The van der Waals surface area contributed by atoms with Crippen molar-refractivity contribution in [2.75, 3.05) is 19.8 Å². The Labute approximate surface area is 90.6 Å². The van der Waals surface area contributed by atoms with Crippen LogP contribution in [0.15, 0.2) is 12.3 Å². The summed E-state index contributed by atoms with van der Waals surface area (Å²) in [5.41, 5.74) is 1.45. The van der Waals surface area contributed by atoms with E-state index in [-0.39, 0.29) is 5.54 Å². The number of ether oxygens (including phenoxy) is 1. The highest BCUT2D eigenvalue weighted by atomic mass is 16.5. The van der Waals surface area contributed by atoms with E-state index in [1.165, 1.54) is 5.69 Å². The molecule has 1 fully saturated rings. The molecule has 0 amide bonds. The van der Waals surface area contributed by atoms with Gasteiger partial charge in [0.05, 0.1) is 6.61 Å². The van der Waals surface area contributed by atoms with Crippen molar-refractivity contribution in [1.29, 1.82) is 0 Å². The summed E-state index contributed by atoms with van der Waals surface area (Å²) in [6.45, 7) is 4.93. The van der Waals surface area contributed by atoms with Crippen molar-refractivity contribution >= 4 is 0 Å². The summed E-state index contributed by atoms with van der Waals surface area (Å²) in [5.74, 6) is 0. The first-order chi connectivity index (χ1) is 7.20. The Morgan fingerprint density at radius 2 is 2.53 bits per heavy atom. The molecule has 1 aromatic rings. The SMILES string of the molecule is Cn1nccc1CCNC1(C)CCOC1. The van der Waals surface area contributed by atoms with Crippen molar-refractivity contribution in [2.45, 2.75) is 25.3 Å². The van der Waals surface area contributed by atoms with E-state index in [2.05, 4.69) is 23.4 Å². The lowest BCUT2D eigenvalue weighted by Gasteiger charge is -2.23. The topological polar surface area (TPSA) is 39.1 Å². The summed E-state index contributed by atoms with van der Waals surface area (Å²) in [4.78, 5) is 0. The normalized spacial score (nSPS) is 26.0. The van der Waals surface area contributed by atoms with Crippen LogP contribution in [0.4, 0.5) is 0 Å². The highest BCUT2D eigenvalue weighted by Gasteiger charge is 2.28. The van der Waals surface area contributed by atoms with Crippen molar-refractivity contribution in [1.82, 2.24) is 15.1 Å². The maximum atomic E-state index is 5.39. The second-order valence-corrected chi connectivity index (χ2v) is 4.49. The molecule has 2 heterocycles. The van der Waals surface area contributed by atoms with E-state index in [1.807, 2.05) is 17.9 Å². The van der Waals surface area contributed by atoms with Crippen LogP contribution in [0.5, 0.6) is 0 Å². The molecular formula is C11H19N3O. The highest BCUT2D eigenvalue weighted by Crippen LogP contribution is 2.17. The molecular weight excluding hydrogens is 190 g/mol. The van der Waals surface area contributed by atoms with Gasteiger partial charge >= 0.3 is 0 Å². The van der Waals surface area contributed by atoms with Gasteiger partial charge in [-0.3, -0.25) is 4.68 Å². The molecule has 0 saturated carbocycles. The summed E-state index contributed by atoms with van der Waals surface area (Å²) < 4.78 is 7.32. The molecule has 1 aromatic heterocycles. The maximum absolute atomic E-state index is 5.39. The lowest BCUT2D eigenvalue weighted by molar-refractivity contribution is 0.172. The fourth-order valence-electron chi connectivity index (χ4n) is 1.95. The Morgan fingerprint density at radius 3 is 3.13 bits per heavy atom. The number of hydrogen-bond acceptors (Lipinski definition) is 3. The molecule has 0 spiro atoms. The van der Waals surface area contributed by atoms with Gasteiger partial charge in [-0.25, -0.2) is 0 Å². The largest absolute Gasteiger partial charge is 0.379 e. The number of aryl methyl sites for hydroxylation is 1. The van der Waals surface area contributed by atoms with E-state index in [0.717, 1.165) is 32.6 Å². The Kier molecular flexibility index (Phi) is 3.07. The molecule has 1 aliphatic rings. The number of hydrogen-bond donors (Lipinski definition) is 1. The van der Waals surface area contributed by atoms with Gasteiger partial charge in [0.25, 0.3) is 0 Å². The van der Waals surface area contributed by atoms with Crippen LogP contribution in [0.25, 0.3) is 0 Å². The van der Waals surface area contributed by atoms with Crippen molar-refractivity contribution in [3.63, 3.8) is 0 Å². The van der Waals surface area contributed by atoms with Crippen molar-refractivity contribution < 1.29 is 4.74 Å². The van der Waals surface area contributed by atoms with Gasteiger partial charge in [-0.1, -0.05) is 0 Å². The molecule has 4 heteroatoms. The van der Waals surface area contributed by atoms with Crippen LogP contribution >= 0.6 is 0 Å². The zero-order chi connectivity index (χ0) is 10.7. The number of nitrogens with zero attached hydrogens (tertiary/aromatic N) is 2. The van der Waals surface area contributed by atoms with Crippen LogP contribution in [-0.4, -0.2) is 35.1 Å². The van der Waals surface area contributed by atoms with E-state index in [4.69, 9.17) is 4.74 Å². The third-order valence-corrected chi connectivity index (χ3v) is 3.07. The molecule has 0 radical (unpaired) electrons. The van der Waals surface area contributed by atoms with Gasteiger partial charge in [0.15, 0.2) is 0 Å². The van der Waals surface area contributed by atoms with Crippen LogP contribution < -0.4 is 5.32 Å². The summed E-state index contributed by atoms with van der Waals surface area (Å²) >= 11 is 0. The first-order valence-corrected chi connectivity index (χ1v) is 5.49. The molecule has 1 aliphatic heterocycles. The molecule has 0 aliphatic carbocycles. The molecule has 1 N–H and O–H groups in total. The van der Waals surface area contributed by atoms with Crippen LogP contribution in [0, 0.1) is 0 Å². The molecule has 1 saturated heterocycles. The molecule has 4 nitrogen and oxygen atoms in total. The van der Waals surface area contributed by atoms with Crippen molar-refractivity contribution in [3.8, 4) is 0 Å². The van der Waals surface area contributed by atoms with Crippen molar-refractivity contribution in [2.24, 2.45) is 7.05 Å². The van der Waals surface area contributed by atoms with Gasteiger partial charge in [0, 0.05) is 44.0 Å². The molecule has 0 aromatic carbocycles. The summed E-state index contributed by atoms with van der Waals surface area (Å²) in [5, 5.41) is 7.71. The average molecular weight is 209 g/mol. The molecule has 84 valence electrons. The third kappa shape index (κ3) is 2.58. The quantitative estimate of drug-likeness (QED) is 0.794. The second kappa shape index (κ2) is 4.33. The van der Waals surface area contributed by atoms with Gasteiger partial charge in [-0.2, -0.15) is 5.10 Å². The zero-order valence-electron chi connectivity index (χ0n) is 9.49. The van der Waals surface area contributed by atoms with Crippen LogP contribution in [-0.2, 0) is 18.2 Å². The van der Waals surface area contributed by atoms with Crippen LogP contribution in [0.3, 0.4) is 0 Å². The lowest BCUT2D eigenvalue weighted by Crippen LogP contribution is -2.43. The molecule has 15 heavy (non-hydrogen) atoms. The first-order valence-electron chi connectivity index (χ1n) is 5.49. The Morgan fingerprint density at radius 1 is 1.67 bits per heavy atom. The lowest BCUT2D eigenvalue weighted by atomic mass is 10.0. The fourth-order valence-corrected chi connectivity index (χ4v) is 1.95. The fraction of sp³-hybridized carbons (Fsp3) is 0.727. The van der Waals surface area contributed by atoms with Gasteiger partial charge in [-0.15, -0.1) is 0 Å². The average Bonchev–Trinajstić information content (AvgIpc) is 2.78. The maximum Gasteiger partial charge on any atom is 0.0646 e. The molecule has 0 bridgehead atoms. The van der Waals surface area contributed by atoms with E-state index in [1.54, 1.807) is 0 Å². The predicted molar refractivity (Wildman–Crippen MR) is 58.8 cm³/mol. The highest BCUT2D eigenvalue weighted by molar-refractivity contribution is 5.01. The van der Waals surface area contributed by atoms with Crippen LogP contribution in [0.1, 0.15) is 19.0 Å². The minimum absolute atomic E-state index is 0.179. The molecule has 2 rings (SSSR count). The van der Waals surface area contributed by atoms with Crippen LogP contribution in [0.2, 0.25) is 0 Å². The van der Waals surface area contributed by atoms with Gasteiger partial charge < -0.3 is 10.1 Å². The summed E-state index contributed by atoms with van der Waals surface area (Å²) in [7, 11) is 1.98. The first kappa shape index (κ1) is 10.6. The van der Waals surface area contributed by atoms with Gasteiger partial charge in [0.1, 0.15) is 0 Å². The number of rotatable bonds is 4. The Bertz CT molecular complexity index is 315.